The van der Waals surface area contributed by atoms with Gasteiger partial charge in [-0.25, -0.2) is 0 Å². The van der Waals surface area contributed by atoms with Crippen molar-refractivity contribution in [2.45, 2.75) is 70.3 Å². The molecular formula is C25H41F3N2O4. The minimum Gasteiger partial charge on any atom is -0.493 e. The molecule has 1 aliphatic heterocycles. The zero-order valence-corrected chi connectivity index (χ0v) is 20.8. The van der Waals surface area contributed by atoms with Gasteiger partial charge in [-0.1, -0.05) is 19.9 Å². The molecule has 1 aliphatic rings. The van der Waals surface area contributed by atoms with E-state index < -0.39 is 24.4 Å². The molecule has 6 nitrogen and oxygen atoms in total. The minimum absolute atomic E-state index is 0.0574. The van der Waals surface area contributed by atoms with Crippen molar-refractivity contribution in [2.75, 3.05) is 40.5 Å². The molecule has 0 unspecified atom stereocenters. The van der Waals surface area contributed by atoms with Crippen molar-refractivity contribution in [3.05, 3.63) is 23.8 Å². The number of likely N-dealkylation sites (tertiary alicyclic amines) is 1. The van der Waals surface area contributed by atoms with E-state index in [0.29, 0.717) is 50.5 Å². The molecular weight excluding hydrogens is 449 g/mol. The fourth-order valence-electron chi connectivity index (χ4n) is 4.54. The zero-order valence-electron chi connectivity index (χ0n) is 20.8. The van der Waals surface area contributed by atoms with Crippen molar-refractivity contribution in [3.63, 3.8) is 0 Å². The van der Waals surface area contributed by atoms with Gasteiger partial charge in [0, 0.05) is 32.7 Å². The number of benzene rings is 1. The number of halogens is 3. The third kappa shape index (κ3) is 8.59. The maximum atomic E-state index is 13.2. The Labute approximate surface area is 201 Å². The predicted octanol–water partition coefficient (Wildman–Crippen LogP) is 4.03. The van der Waals surface area contributed by atoms with Gasteiger partial charge in [0.25, 0.3) is 0 Å². The number of rotatable bonds is 14. The van der Waals surface area contributed by atoms with Crippen LogP contribution >= 0.6 is 0 Å². The Morgan fingerprint density at radius 2 is 1.91 bits per heavy atom. The van der Waals surface area contributed by atoms with E-state index in [9.17, 15) is 18.3 Å². The third-order valence-corrected chi connectivity index (χ3v) is 6.65. The average Bonchev–Trinajstić information content (AvgIpc) is 3.25. The summed E-state index contributed by atoms with van der Waals surface area (Å²) < 4.78 is 56.1. The van der Waals surface area contributed by atoms with Gasteiger partial charge in [-0.3, -0.25) is 4.90 Å². The summed E-state index contributed by atoms with van der Waals surface area (Å²) in [6, 6.07) is 3.72. The first kappa shape index (κ1) is 28.7. The number of nitrogens with two attached hydrogens (primary N) is 1. The van der Waals surface area contributed by atoms with Gasteiger partial charge in [0.05, 0.1) is 19.8 Å². The van der Waals surface area contributed by atoms with E-state index in [4.69, 9.17) is 19.9 Å². The molecule has 0 aliphatic carbocycles. The molecule has 1 saturated heterocycles. The topological polar surface area (TPSA) is 77.2 Å². The first-order valence-electron chi connectivity index (χ1n) is 12.1. The molecule has 2 rings (SSSR count). The third-order valence-electron chi connectivity index (χ3n) is 6.65. The molecule has 1 heterocycles. The van der Waals surface area contributed by atoms with E-state index in [0.717, 1.165) is 12.0 Å². The van der Waals surface area contributed by atoms with Crippen LogP contribution in [0, 0.1) is 11.8 Å². The van der Waals surface area contributed by atoms with Crippen molar-refractivity contribution in [3.8, 4) is 11.5 Å². The summed E-state index contributed by atoms with van der Waals surface area (Å²) >= 11 is 0. The molecule has 0 bridgehead atoms. The summed E-state index contributed by atoms with van der Waals surface area (Å²) in [4.78, 5) is 1.32. The monoisotopic (exact) mass is 490 g/mol. The second-order valence-electron chi connectivity index (χ2n) is 9.55. The molecule has 4 atom stereocenters. The molecule has 34 heavy (non-hydrogen) atoms. The van der Waals surface area contributed by atoms with Crippen LogP contribution in [0.15, 0.2) is 18.2 Å². The smallest absolute Gasteiger partial charge is 0.404 e. The largest absolute Gasteiger partial charge is 0.493 e. The van der Waals surface area contributed by atoms with Crippen LogP contribution in [-0.4, -0.2) is 74.9 Å². The molecule has 3 N–H and O–H groups in total. The van der Waals surface area contributed by atoms with Crippen molar-refractivity contribution < 1.29 is 32.5 Å². The molecule has 9 heteroatoms. The maximum absolute atomic E-state index is 13.2. The normalized spacial score (nSPS) is 19.9. The standard InChI is InChI=1S/C25H41F3N2O4/c1-17(2)19(13-18-8-9-22(33-4)23(14-18)34-12-6-11-32-3)15-20(29)21(31)16-30-10-5-7-24(30)25(26,27)28/h8-9,14,17,19-21,24,31H,5-7,10-13,15-16,29H2,1-4H3/t19-,20-,21-,24-/m0/s1. The molecule has 0 amide bonds. The Hall–Kier alpha value is -1.55. The summed E-state index contributed by atoms with van der Waals surface area (Å²) in [7, 11) is 3.24. The lowest BCUT2D eigenvalue weighted by atomic mass is 9.83. The summed E-state index contributed by atoms with van der Waals surface area (Å²) in [5.41, 5.74) is 7.35. The molecule has 0 radical (unpaired) electrons. The summed E-state index contributed by atoms with van der Waals surface area (Å²) in [5, 5.41) is 10.6. The first-order valence-corrected chi connectivity index (χ1v) is 12.1. The molecule has 1 fully saturated rings. The number of aliphatic hydroxyl groups is 1. The van der Waals surface area contributed by atoms with Gasteiger partial charge in [-0.05, 0) is 61.8 Å². The van der Waals surface area contributed by atoms with Gasteiger partial charge >= 0.3 is 6.18 Å². The highest BCUT2D eigenvalue weighted by Gasteiger charge is 2.46. The van der Waals surface area contributed by atoms with Crippen molar-refractivity contribution in [2.24, 2.45) is 17.6 Å². The van der Waals surface area contributed by atoms with Crippen LogP contribution in [0.4, 0.5) is 13.2 Å². The second-order valence-corrected chi connectivity index (χ2v) is 9.55. The fraction of sp³-hybridized carbons (Fsp3) is 0.760. The summed E-state index contributed by atoms with van der Waals surface area (Å²) in [6.07, 6.45) is -2.75. The van der Waals surface area contributed by atoms with Gasteiger partial charge in [0.1, 0.15) is 6.04 Å². The minimum atomic E-state index is -4.28. The number of aliphatic hydroxyl groups excluding tert-OH is 1. The van der Waals surface area contributed by atoms with Crippen LogP contribution in [0.25, 0.3) is 0 Å². The number of methoxy groups -OCH3 is 2. The van der Waals surface area contributed by atoms with Crippen LogP contribution in [0.5, 0.6) is 11.5 Å². The van der Waals surface area contributed by atoms with Crippen LogP contribution in [0.3, 0.4) is 0 Å². The van der Waals surface area contributed by atoms with E-state index in [1.165, 1.54) is 4.90 Å². The van der Waals surface area contributed by atoms with Gasteiger partial charge in [-0.15, -0.1) is 0 Å². The van der Waals surface area contributed by atoms with Crippen molar-refractivity contribution in [1.82, 2.24) is 4.90 Å². The highest BCUT2D eigenvalue weighted by atomic mass is 19.4. The molecule has 0 saturated carbocycles. The molecule has 0 aromatic heterocycles. The van der Waals surface area contributed by atoms with Gasteiger partial charge in [0.15, 0.2) is 11.5 Å². The summed E-state index contributed by atoms with van der Waals surface area (Å²) in [5.74, 6) is 1.74. The van der Waals surface area contributed by atoms with Gasteiger partial charge < -0.3 is 25.1 Å². The highest BCUT2D eigenvalue weighted by Crippen LogP contribution is 2.34. The highest BCUT2D eigenvalue weighted by molar-refractivity contribution is 5.43. The lowest BCUT2D eigenvalue weighted by molar-refractivity contribution is -0.178. The Kier molecular flexibility index (Phi) is 11.4. The van der Waals surface area contributed by atoms with Gasteiger partial charge in [-0.2, -0.15) is 13.2 Å². The Bertz CT molecular complexity index is 733. The Balaban J connectivity index is 2.00. The van der Waals surface area contributed by atoms with E-state index in [2.05, 4.69) is 13.8 Å². The molecule has 0 spiro atoms. The quantitative estimate of drug-likeness (QED) is 0.384. The lowest BCUT2D eigenvalue weighted by Crippen LogP contribution is -2.49. The van der Waals surface area contributed by atoms with Crippen LogP contribution in [-0.2, 0) is 11.2 Å². The Morgan fingerprint density at radius 1 is 1.18 bits per heavy atom. The second kappa shape index (κ2) is 13.5. The number of alkyl halides is 3. The zero-order chi connectivity index (χ0) is 25.3. The average molecular weight is 491 g/mol. The molecule has 1 aromatic carbocycles. The maximum Gasteiger partial charge on any atom is 0.404 e. The molecule has 1 aromatic rings. The van der Waals surface area contributed by atoms with Gasteiger partial charge in [0.2, 0.25) is 0 Å². The Morgan fingerprint density at radius 3 is 2.53 bits per heavy atom. The number of hydrogen-bond donors (Lipinski definition) is 2. The number of nitrogens with zero attached hydrogens (tertiary/aromatic N) is 1. The van der Waals surface area contributed by atoms with Crippen LogP contribution in [0.1, 0.15) is 45.1 Å². The lowest BCUT2D eigenvalue weighted by Gasteiger charge is -2.32. The predicted molar refractivity (Wildman–Crippen MR) is 126 cm³/mol. The SMILES string of the molecule is COCCCOc1cc(C[C@@H](C[C@H](N)[C@@H](O)CN2CCC[C@H]2C(F)(F)F)C(C)C)ccc1OC. The summed E-state index contributed by atoms with van der Waals surface area (Å²) in [6.45, 7) is 5.58. The number of β-amino-alcohol motifs (C(OH)–C–C–N with tert-alkyl or cyclic N) is 1. The van der Waals surface area contributed by atoms with Crippen LogP contribution in [0.2, 0.25) is 0 Å². The fourth-order valence-corrected chi connectivity index (χ4v) is 4.54. The van der Waals surface area contributed by atoms with E-state index in [1.54, 1.807) is 14.2 Å². The van der Waals surface area contributed by atoms with E-state index in [-0.39, 0.29) is 24.8 Å². The van der Waals surface area contributed by atoms with E-state index >= 15 is 0 Å². The van der Waals surface area contributed by atoms with Crippen molar-refractivity contribution >= 4 is 0 Å². The number of ether oxygens (including phenoxy) is 3. The number of hydrogen-bond acceptors (Lipinski definition) is 6. The van der Waals surface area contributed by atoms with Crippen molar-refractivity contribution in [1.29, 1.82) is 0 Å². The first-order chi connectivity index (χ1) is 16.1. The van der Waals surface area contributed by atoms with Crippen LogP contribution < -0.4 is 15.2 Å². The van der Waals surface area contributed by atoms with E-state index in [1.807, 2.05) is 18.2 Å². The molecule has 196 valence electrons.